The van der Waals surface area contributed by atoms with Crippen molar-refractivity contribution in [3.63, 3.8) is 0 Å². The van der Waals surface area contributed by atoms with Gasteiger partial charge in [-0.1, -0.05) is 54.2 Å². The van der Waals surface area contributed by atoms with E-state index in [1.165, 1.54) is 23.4 Å². The quantitative estimate of drug-likeness (QED) is 0.387. The molecule has 3 N–H and O–H groups in total. The van der Waals surface area contributed by atoms with Crippen LogP contribution in [-0.2, 0) is 4.79 Å². The highest BCUT2D eigenvalue weighted by molar-refractivity contribution is 8.00. The molecule has 6 nitrogen and oxygen atoms in total. The van der Waals surface area contributed by atoms with Crippen molar-refractivity contribution in [3.05, 3.63) is 66.4 Å². The van der Waals surface area contributed by atoms with Crippen LogP contribution in [0, 0.1) is 0 Å². The van der Waals surface area contributed by atoms with E-state index in [9.17, 15) is 9.59 Å². The number of nitrogens with zero attached hydrogens (tertiary/aromatic N) is 2. The Kier molecular flexibility index (Phi) is 5.61. The number of Topliss-reactive ketones (excluding diaryl/α,β-unsaturated/α-hetero) is 1. The van der Waals surface area contributed by atoms with Gasteiger partial charge in [-0.2, -0.15) is 0 Å². The second-order valence-corrected chi connectivity index (χ2v) is 7.34. The number of nitrogens with two attached hydrogens (primary N) is 1. The van der Waals surface area contributed by atoms with E-state index >= 15 is 0 Å². The van der Waals surface area contributed by atoms with Gasteiger partial charge < -0.3 is 11.2 Å². The van der Waals surface area contributed by atoms with Crippen LogP contribution in [0.15, 0.2) is 66.0 Å². The summed E-state index contributed by atoms with van der Waals surface area (Å²) in [4.78, 5) is 28.8. The number of nitrogens with one attached hydrogen (secondary N) is 1. The van der Waals surface area contributed by atoms with Crippen LogP contribution in [0.3, 0.4) is 0 Å². The average Bonchev–Trinajstić information content (AvgIpc) is 3.03. The van der Waals surface area contributed by atoms with Crippen molar-refractivity contribution in [2.75, 3.05) is 11.2 Å². The molecule has 3 aromatic rings. The Hall–Kier alpha value is -3.06. The molecule has 2 aromatic carbocycles. The van der Waals surface area contributed by atoms with Gasteiger partial charge in [0.25, 0.3) is 0 Å². The number of para-hydroxylation sites is 1. The predicted molar refractivity (Wildman–Crippen MR) is 108 cm³/mol. The lowest BCUT2D eigenvalue weighted by atomic mass is 10.1. The SMILES string of the molecule is CC(=O)c1ccccc1NC(=O)C(C)Sc1nc(-c2ccccc2)cn1N. The summed E-state index contributed by atoms with van der Waals surface area (Å²) in [7, 11) is 0. The lowest BCUT2D eigenvalue weighted by molar-refractivity contribution is -0.115. The number of ketones is 1. The minimum Gasteiger partial charge on any atom is -0.337 e. The number of anilines is 1. The molecule has 0 fully saturated rings. The molecule has 138 valence electrons. The van der Waals surface area contributed by atoms with E-state index in [0.29, 0.717) is 16.4 Å². The van der Waals surface area contributed by atoms with E-state index in [1.807, 2.05) is 30.3 Å². The van der Waals surface area contributed by atoms with Gasteiger partial charge in [-0.15, -0.1) is 0 Å². The first kappa shape index (κ1) is 18.7. The monoisotopic (exact) mass is 380 g/mol. The fourth-order valence-corrected chi connectivity index (χ4v) is 3.36. The average molecular weight is 380 g/mol. The van der Waals surface area contributed by atoms with Gasteiger partial charge in [-0.25, -0.2) is 9.66 Å². The van der Waals surface area contributed by atoms with Crippen LogP contribution in [0.2, 0.25) is 0 Å². The van der Waals surface area contributed by atoms with Gasteiger partial charge in [0, 0.05) is 11.1 Å². The molecule has 0 radical (unpaired) electrons. The van der Waals surface area contributed by atoms with Crippen molar-refractivity contribution in [1.29, 1.82) is 0 Å². The van der Waals surface area contributed by atoms with E-state index < -0.39 is 5.25 Å². The van der Waals surface area contributed by atoms with Gasteiger partial charge in [0.05, 0.1) is 22.8 Å². The molecule has 1 aromatic heterocycles. The molecule has 3 rings (SSSR count). The van der Waals surface area contributed by atoms with Gasteiger partial charge in [0.2, 0.25) is 5.91 Å². The van der Waals surface area contributed by atoms with Crippen LogP contribution in [0.25, 0.3) is 11.3 Å². The fourth-order valence-electron chi connectivity index (χ4n) is 2.56. The van der Waals surface area contributed by atoms with Gasteiger partial charge in [0.1, 0.15) is 0 Å². The molecule has 1 atom stereocenters. The van der Waals surface area contributed by atoms with Crippen molar-refractivity contribution in [2.24, 2.45) is 0 Å². The molecule has 1 unspecified atom stereocenters. The maximum Gasteiger partial charge on any atom is 0.237 e. The molecule has 7 heteroatoms. The number of carbonyl (C=O) groups excluding carboxylic acids is 2. The first-order valence-corrected chi connectivity index (χ1v) is 9.31. The van der Waals surface area contributed by atoms with E-state index in [2.05, 4.69) is 10.3 Å². The smallest absolute Gasteiger partial charge is 0.237 e. The summed E-state index contributed by atoms with van der Waals surface area (Å²) in [5.41, 5.74) is 2.68. The van der Waals surface area contributed by atoms with E-state index in [-0.39, 0.29) is 11.7 Å². The van der Waals surface area contributed by atoms with Crippen LogP contribution in [0.1, 0.15) is 24.2 Å². The molecule has 0 aliphatic rings. The molecule has 0 aliphatic heterocycles. The Labute approximate surface area is 161 Å². The molecule has 0 aliphatic carbocycles. The third-order valence-corrected chi connectivity index (χ3v) is 5.06. The summed E-state index contributed by atoms with van der Waals surface area (Å²) < 4.78 is 1.42. The summed E-state index contributed by atoms with van der Waals surface area (Å²) in [6.07, 6.45) is 1.73. The third-order valence-electron chi connectivity index (χ3n) is 3.98. The van der Waals surface area contributed by atoms with Crippen molar-refractivity contribution >= 4 is 29.1 Å². The van der Waals surface area contributed by atoms with E-state index in [0.717, 1.165) is 11.3 Å². The highest BCUT2D eigenvalue weighted by atomic mass is 32.2. The summed E-state index contributed by atoms with van der Waals surface area (Å²) in [5, 5.41) is 2.90. The molecule has 0 spiro atoms. The molecule has 27 heavy (non-hydrogen) atoms. The van der Waals surface area contributed by atoms with Crippen molar-refractivity contribution < 1.29 is 9.59 Å². The zero-order chi connectivity index (χ0) is 19.4. The van der Waals surface area contributed by atoms with Crippen LogP contribution >= 0.6 is 11.8 Å². The largest absolute Gasteiger partial charge is 0.337 e. The van der Waals surface area contributed by atoms with Crippen LogP contribution in [0.4, 0.5) is 5.69 Å². The zero-order valence-corrected chi connectivity index (χ0v) is 15.9. The highest BCUT2D eigenvalue weighted by Gasteiger charge is 2.20. The summed E-state index contributed by atoms with van der Waals surface area (Å²) in [5.74, 6) is 5.68. The lowest BCUT2D eigenvalue weighted by Gasteiger charge is -2.13. The Morgan fingerprint density at radius 3 is 2.48 bits per heavy atom. The topological polar surface area (TPSA) is 90.0 Å². The van der Waals surface area contributed by atoms with Gasteiger partial charge in [0.15, 0.2) is 10.9 Å². The summed E-state index contributed by atoms with van der Waals surface area (Å²) in [6, 6.07) is 16.6. The number of aromatic nitrogens is 2. The first-order valence-electron chi connectivity index (χ1n) is 8.43. The predicted octanol–water partition coefficient (Wildman–Crippen LogP) is 3.59. The molecular weight excluding hydrogens is 360 g/mol. The molecule has 1 amide bonds. The van der Waals surface area contributed by atoms with Crippen LogP contribution in [0.5, 0.6) is 0 Å². The maximum atomic E-state index is 12.6. The fraction of sp³-hybridized carbons (Fsp3) is 0.150. The zero-order valence-electron chi connectivity index (χ0n) is 15.0. The molecule has 0 saturated carbocycles. The van der Waals surface area contributed by atoms with Crippen molar-refractivity contribution in [2.45, 2.75) is 24.3 Å². The van der Waals surface area contributed by atoms with Gasteiger partial charge in [-0.05, 0) is 26.0 Å². The third kappa shape index (κ3) is 4.38. The number of nitrogen functional groups attached to an aromatic ring is 1. The number of hydrogen-bond acceptors (Lipinski definition) is 5. The number of amides is 1. The number of carbonyl (C=O) groups is 2. The number of benzene rings is 2. The summed E-state index contributed by atoms with van der Waals surface area (Å²) in [6.45, 7) is 3.24. The molecular formula is C20H20N4O2S. The van der Waals surface area contributed by atoms with Crippen LogP contribution < -0.4 is 11.2 Å². The number of rotatable bonds is 6. The van der Waals surface area contributed by atoms with Gasteiger partial charge >= 0.3 is 0 Å². The second-order valence-electron chi connectivity index (χ2n) is 6.03. The normalized spacial score (nSPS) is 11.8. The minimum absolute atomic E-state index is 0.101. The molecule has 0 saturated heterocycles. The van der Waals surface area contributed by atoms with Gasteiger partial charge in [-0.3, -0.25) is 9.59 Å². The standard InChI is InChI=1S/C20H20N4O2S/c1-13(25)16-10-6-7-11-17(16)22-19(26)14(2)27-20-23-18(12-24(20)21)15-8-4-3-5-9-15/h3-12,14H,21H2,1-2H3,(H,22,26). The Balaban J connectivity index is 1.72. The van der Waals surface area contributed by atoms with Crippen LogP contribution in [-0.4, -0.2) is 26.6 Å². The maximum absolute atomic E-state index is 12.6. The number of thioether (sulfide) groups is 1. The second kappa shape index (κ2) is 8.09. The number of hydrogen-bond donors (Lipinski definition) is 2. The highest BCUT2D eigenvalue weighted by Crippen LogP contribution is 2.26. The molecule has 1 heterocycles. The van der Waals surface area contributed by atoms with E-state index in [4.69, 9.17) is 5.84 Å². The first-order chi connectivity index (χ1) is 13.0. The Morgan fingerprint density at radius 2 is 1.78 bits per heavy atom. The number of imidazole rings is 1. The van der Waals surface area contributed by atoms with Crippen molar-refractivity contribution in [3.8, 4) is 11.3 Å². The minimum atomic E-state index is -0.446. The summed E-state index contributed by atoms with van der Waals surface area (Å²) >= 11 is 1.26. The lowest BCUT2D eigenvalue weighted by Crippen LogP contribution is -2.24. The van der Waals surface area contributed by atoms with Crippen molar-refractivity contribution in [1.82, 2.24) is 9.66 Å². The Morgan fingerprint density at radius 1 is 1.11 bits per heavy atom. The molecule has 0 bridgehead atoms. The van der Waals surface area contributed by atoms with E-state index in [1.54, 1.807) is 37.4 Å². The Bertz CT molecular complexity index is 969.